The number of carboxylic acids is 1. The summed E-state index contributed by atoms with van der Waals surface area (Å²) in [5.41, 5.74) is 1.81. The van der Waals surface area contributed by atoms with Crippen LogP contribution >= 0.6 is 0 Å². The number of nitrogens with zero attached hydrogens (tertiary/aromatic N) is 1. The van der Waals surface area contributed by atoms with E-state index in [4.69, 9.17) is 0 Å². The number of urea groups is 1. The van der Waals surface area contributed by atoms with E-state index in [0.717, 1.165) is 5.56 Å². The van der Waals surface area contributed by atoms with Crippen molar-refractivity contribution in [2.24, 2.45) is 11.8 Å². The molecule has 1 aliphatic heterocycles. The third-order valence-electron chi connectivity index (χ3n) is 6.04. The van der Waals surface area contributed by atoms with Crippen LogP contribution in [0.3, 0.4) is 0 Å². The van der Waals surface area contributed by atoms with Crippen LogP contribution in [0.4, 0.5) is 16.2 Å². The van der Waals surface area contributed by atoms with E-state index < -0.39 is 36.0 Å². The van der Waals surface area contributed by atoms with Gasteiger partial charge in [-0.25, -0.2) is 9.59 Å². The summed E-state index contributed by atoms with van der Waals surface area (Å²) in [5.74, 6) is -2.21. The molecule has 0 spiro atoms. The minimum absolute atomic E-state index is 0.0382. The van der Waals surface area contributed by atoms with Gasteiger partial charge in [-0.3, -0.25) is 14.5 Å². The van der Waals surface area contributed by atoms with Gasteiger partial charge in [0.1, 0.15) is 18.1 Å². The standard InChI is InChI=1S/C27H34N4O5/c1-16(2)14-20(24(32)29-21(26(34)35)15-18-10-6-5-7-11-18)30-27(36)31-22-13-9-8-12-19(22)28-25(33)23(31)17(3)4/h5-13,16-17,20-21,23H,14-15H2,1-4H3,(H,28,33)(H,29,32)(H,30,36)(H,34,35)/t20-,21+,23+/m1/s1. The van der Waals surface area contributed by atoms with Gasteiger partial charge in [-0.05, 0) is 36.0 Å². The molecular weight excluding hydrogens is 460 g/mol. The third kappa shape index (κ3) is 6.41. The summed E-state index contributed by atoms with van der Waals surface area (Å²) in [6, 6.07) is 12.5. The van der Waals surface area contributed by atoms with Crippen molar-refractivity contribution in [2.75, 3.05) is 10.2 Å². The molecule has 9 heteroatoms. The average molecular weight is 495 g/mol. The number of amides is 4. The molecule has 2 aromatic rings. The third-order valence-corrected chi connectivity index (χ3v) is 6.04. The lowest BCUT2D eigenvalue weighted by Gasteiger charge is -2.39. The highest BCUT2D eigenvalue weighted by Crippen LogP contribution is 2.34. The molecule has 36 heavy (non-hydrogen) atoms. The number of rotatable bonds is 9. The summed E-state index contributed by atoms with van der Waals surface area (Å²) in [4.78, 5) is 52.9. The smallest absolute Gasteiger partial charge is 0.326 e. The second kappa shape index (κ2) is 11.7. The Balaban J connectivity index is 1.84. The topological polar surface area (TPSA) is 128 Å². The SMILES string of the molecule is CC(C)C[C@@H](NC(=O)N1c2ccccc2NC(=O)[C@@H]1C(C)C)C(=O)N[C@@H](Cc1ccccc1)C(=O)O. The zero-order valence-corrected chi connectivity index (χ0v) is 21.0. The van der Waals surface area contributed by atoms with Crippen LogP contribution < -0.4 is 20.9 Å². The molecule has 0 saturated heterocycles. The lowest BCUT2D eigenvalue weighted by atomic mass is 9.97. The summed E-state index contributed by atoms with van der Waals surface area (Å²) >= 11 is 0. The molecule has 4 amide bonds. The Labute approximate surface area is 211 Å². The van der Waals surface area contributed by atoms with Crippen molar-refractivity contribution >= 4 is 35.2 Å². The van der Waals surface area contributed by atoms with Crippen LogP contribution in [0.15, 0.2) is 54.6 Å². The lowest BCUT2D eigenvalue weighted by molar-refractivity contribution is -0.142. The van der Waals surface area contributed by atoms with Crippen LogP contribution in [0, 0.1) is 11.8 Å². The predicted molar refractivity (Wildman–Crippen MR) is 138 cm³/mol. The molecule has 0 unspecified atom stereocenters. The van der Waals surface area contributed by atoms with Crippen molar-refractivity contribution in [1.82, 2.24) is 10.6 Å². The van der Waals surface area contributed by atoms with Gasteiger partial charge in [0.05, 0.1) is 11.4 Å². The van der Waals surface area contributed by atoms with Gasteiger partial charge in [-0.1, -0.05) is 70.2 Å². The van der Waals surface area contributed by atoms with Gasteiger partial charge in [0, 0.05) is 6.42 Å². The fourth-order valence-electron chi connectivity index (χ4n) is 4.34. The summed E-state index contributed by atoms with van der Waals surface area (Å²) < 4.78 is 0. The van der Waals surface area contributed by atoms with Crippen LogP contribution in [0.5, 0.6) is 0 Å². The Morgan fingerprint density at radius 2 is 1.58 bits per heavy atom. The first-order chi connectivity index (χ1) is 17.1. The normalized spacial score (nSPS) is 16.7. The van der Waals surface area contributed by atoms with E-state index in [1.807, 2.05) is 33.8 Å². The van der Waals surface area contributed by atoms with E-state index >= 15 is 0 Å². The minimum Gasteiger partial charge on any atom is -0.480 e. The quantitative estimate of drug-likeness (QED) is 0.425. The molecule has 3 rings (SSSR count). The van der Waals surface area contributed by atoms with E-state index in [1.165, 1.54) is 4.90 Å². The second-order valence-corrected chi connectivity index (χ2v) is 9.79. The van der Waals surface area contributed by atoms with Gasteiger partial charge in [0.15, 0.2) is 0 Å². The molecule has 2 aromatic carbocycles. The summed E-state index contributed by atoms with van der Waals surface area (Å²) in [6.07, 6.45) is 0.405. The number of carboxylic acid groups (broad SMARTS) is 1. The first-order valence-electron chi connectivity index (χ1n) is 12.1. The molecule has 0 radical (unpaired) electrons. The van der Waals surface area contributed by atoms with Crippen molar-refractivity contribution in [3.05, 3.63) is 60.2 Å². The van der Waals surface area contributed by atoms with Gasteiger partial charge >= 0.3 is 12.0 Å². The fourth-order valence-corrected chi connectivity index (χ4v) is 4.34. The number of carbonyl (C=O) groups excluding carboxylic acids is 3. The highest BCUT2D eigenvalue weighted by Gasteiger charge is 2.40. The molecule has 0 bridgehead atoms. The largest absolute Gasteiger partial charge is 0.480 e. The Kier molecular flexibility index (Phi) is 8.68. The van der Waals surface area contributed by atoms with Gasteiger partial charge < -0.3 is 21.1 Å². The number of nitrogens with one attached hydrogen (secondary N) is 3. The number of fused-ring (bicyclic) bond motifs is 1. The molecule has 4 N–H and O–H groups in total. The zero-order chi connectivity index (χ0) is 26.4. The average Bonchev–Trinajstić information content (AvgIpc) is 2.82. The maximum Gasteiger partial charge on any atom is 0.326 e. The van der Waals surface area contributed by atoms with Crippen molar-refractivity contribution in [3.8, 4) is 0 Å². The number of para-hydroxylation sites is 2. The van der Waals surface area contributed by atoms with Crippen molar-refractivity contribution < 1.29 is 24.3 Å². The molecule has 0 fully saturated rings. The van der Waals surface area contributed by atoms with E-state index in [9.17, 15) is 24.3 Å². The molecule has 3 atom stereocenters. The zero-order valence-electron chi connectivity index (χ0n) is 21.0. The van der Waals surface area contributed by atoms with Crippen molar-refractivity contribution in [3.63, 3.8) is 0 Å². The fraction of sp³-hybridized carbons (Fsp3) is 0.407. The Morgan fingerprint density at radius 1 is 0.944 bits per heavy atom. The van der Waals surface area contributed by atoms with E-state index in [1.54, 1.807) is 48.5 Å². The van der Waals surface area contributed by atoms with Gasteiger partial charge in [-0.2, -0.15) is 0 Å². The van der Waals surface area contributed by atoms with Crippen LogP contribution in [0.25, 0.3) is 0 Å². The van der Waals surface area contributed by atoms with Crippen LogP contribution in [0.1, 0.15) is 39.7 Å². The monoisotopic (exact) mass is 494 g/mol. The van der Waals surface area contributed by atoms with Crippen LogP contribution in [-0.4, -0.2) is 47.0 Å². The van der Waals surface area contributed by atoms with E-state index in [-0.39, 0.29) is 24.2 Å². The molecule has 0 saturated carbocycles. The maximum absolute atomic E-state index is 13.6. The first-order valence-corrected chi connectivity index (χ1v) is 12.1. The van der Waals surface area contributed by atoms with Gasteiger partial charge in [0.2, 0.25) is 11.8 Å². The second-order valence-electron chi connectivity index (χ2n) is 9.79. The van der Waals surface area contributed by atoms with Crippen LogP contribution in [-0.2, 0) is 20.8 Å². The molecular formula is C27H34N4O5. The molecule has 0 aliphatic carbocycles. The summed E-state index contributed by atoms with van der Waals surface area (Å²) in [7, 11) is 0. The maximum atomic E-state index is 13.6. The van der Waals surface area contributed by atoms with E-state index in [0.29, 0.717) is 17.8 Å². The summed E-state index contributed by atoms with van der Waals surface area (Å²) in [5, 5.41) is 17.9. The highest BCUT2D eigenvalue weighted by molar-refractivity contribution is 6.12. The minimum atomic E-state index is -1.16. The Bertz CT molecular complexity index is 1100. The number of hydrogen-bond acceptors (Lipinski definition) is 4. The molecule has 192 valence electrons. The number of hydrogen-bond donors (Lipinski definition) is 4. The number of anilines is 2. The van der Waals surface area contributed by atoms with E-state index in [2.05, 4.69) is 16.0 Å². The summed E-state index contributed by atoms with van der Waals surface area (Å²) in [6.45, 7) is 7.51. The first kappa shape index (κ1) is 26.7. The predicted octanol–water partition coefficient (Wildman–Crippen LogP) is 3.41. The van der Waals surface area contributed by atoms with Gasteiger partial charge in [0.25, 0.3) is 0 Å². The molecule has 0 aromatic heterocycles. The number of aliphatic carboxylic acids is 1. The van der Waals surface area contributed by atoms with Crippen molar-refractivity contribution in [2.45, 2.75) is 58.7 Å². The Hall–Kier alpha value is -3.88. The molecule has 1 heterocycles. The number of carbonyl (C=O) groups is 4. The molecule has 9 nitrogen and oxygen atoms in total. The highest BCUT2D eigenvalue weighted by atomic mass is 16.4. The Morgan fingerprint density at radius 3 is 2.19 bits per heavy atom. The van der Waals surface area contributed by atoms with Crippen LogP contribution in [0.2, 0.25) is 0 Å². The van der Waals surface area contributed by atoms with Crippen molar-refractivity contribution in [1.29, 1.82) is 0 Å². The van der Waals surface area contributed by atoms with Gasteiger partial charge in [-0.15, -0.1) is 0 Å². The lowest BCUT2D eigenvalue weighted by Crippen LogP contribution is -2.60. The molecule has 1 aliphatic rings. The number of benzene rings is 2.